The van der Waals surface area contributed by atoms with E-state index in [0.29, 0.717) is 62.1 Å². The maximum Gasteiger partial charge on any atom is 0.282 e. The minimum absolute atomic E-state index is 0.0218. The van der Waals surface area contributed by atoms with Crippen molar-refractivity contribution in [1.82, 2.24) is 9.97 Å². The van der Waals surface area contributed by atoms with Gasteiger partial charge in [0.15, 0.2) is 11.6 Å². The fourth-order valence-electron chi connectivity index (χ4n) is 3.85. The zero-order chi connectivity index (χ0) is 29.3. The van der Waals surface area contributed by atoms with Gasteiger partial charge in [0.1, 0.15) is 5.75 Å². The lowest BCUT2D eigenvalue weighted by molar-refractivity contribution is -0.418. The molecule has 0 atom stereocenters. The topological polar surface area (TPSA) is 116 Å². The number of carbonyl (C=O) groups excluding carboxylic acids is 1. The van der Waals surface area contributed by atoms with Gasteiger partial charge in [0.25, 0.3) is 5.97 Å². The highest BCUT2D eigenvalue weighted by atomic mass is 19.1. The van der Waals surface area contributed by atoms with Crippen LogP contribution in [0.15, 0.2) is 67.4 Å². The van der Waals surface area contributed by atoms with Crippen molar-refractivity contribution in [2.24, 2.45) is 5.41 Å². The fraction of sp³-hybridized carbons (Fsp3) is 0.367. The van der Waals surface area contributed by atoms with Crippen molar-refractivity contribution in [2.75, 3.05) is 42.4 Å². The third-order valence-electron chi connectivity index (χ3n) is 6.16. The summed E-state index contributed by atoms with van der Waals surface area (Å²) in [5.74, 6) is -1.19. The average molecular weight is 566 g/mol. The largest absolute Gasteiger partial charge is 0.494 e. The summed E-state index contributed by atoms with van der Waals surface area (Å²) in [5, 5.41) is 8.63. The van der Waals surface area contributed by atoms with Gasteiger partial charge in [-0.1, -0.05) is 39.5 Å². The van der Waals surface area contributed by atoms with Crippen LogP contribution in [0.25, 0.3) is 0 Å². The number of hydrogen-bond donors (Lipinski definition) is 3. The molecule has 1 amide bonds. The highest BCUT2D eigenvalue weighted by molar-refractivity contribution is 6.01. The van der Waals surface area contributed by atoms with Gasteiger partial charge in [0.05, 0.1) is 44.0 Å². The SMILES string of the molecule is C=CC(=O)Nc1ccccc1Nc1nc(Nc2ccc(OCCCOC3(CC)OCC(C)(C)CO3)cc2)ncc1F. The molecule has 3 N–H and O–H groups in total. The summed E-state index contributed by atoms with van der Waals surface area (Å²) in [4.78, 5) is 20.0. The molecule has 1 saturated heterocycles. The van der Waals surface area contributed by atoms with E-state index in [2.05, 4.69) is 46.3 Å². The lowest BCUT2D eigenvalue weighted by atomic mass is 9.95. The average Bonchev–Trinajstić information content (AvgIpc) is 2.97. The number of amides is 1. The van der Waals surface area contributed by atoms with Crippen LogP contribution in [0, 0.1) is 11.2 Å². The molecule has 2 aromatic carbocycles. The molecular formula is C30H36FN5O5. The number of anilines is 5. The number of nitrogens with zero attached hydrogens (tertiary/aromatic N) is 2. The zero-order valence-electron chi connectivity index (χ0n) is 23.5. The first-order chi connectivity index (χ1) is 19.7. The summed E-state index contributed by atoms with van der Waals surface area (Å²) in [6, 6.07) is 14.1. The molecule has 218 valence electrons. The third kappa shape index (κ3) is 8.46. The Morgan fingerprint density at radius 2 is 1.78 bits per heavy atom. The molecule has 1 fully saturated rings. The molecule has 4 rings (SSSR count). The van der Waals surface area contributed by atoms with Gasteiger partial charge >= 0.3 is 0 Å². The second-order valence-corrected chi connectivity index (χ2v) is 10.2. The van der Waals surface area contributed by atoms with Crippen molar-refractivity contribution in [3.8, 4) is 5.75 Å². The maximum atomic E-state index is 14.5. The zero-order valence-corrected chi connectivity index (χ0v) is 23.5. The molecule has 10 nitrogen and oxygen atoms in total. The molecule has 0 saturated carbocycles. The Balaban J connectivity index is 1.27. The van der Waals surface area contributed by atoms with Crippen molar-refractivity contribution in [1.29, 1.82) is 0 Å². The van der Waals surface area contributed by atoms with Crippen LogP contribution in [-0.2, 0) is 19.0 Å². The maximum absolute atomic E-state index is 14.5. The van der Waals surface area contributed by atoms with Crippen LogP contribution in [0.2, 0.25) is 0 Å². The summed E-state index contributed by atoms with van der Waals surface area (Å²) in [7, 11) is 0. The fourth-order valence-corrected chi connectivity index (χ4v) is 3.85. The third-order valence-corrected chi connectivity index (χ3v) is 6.16. The molecule has 3 aromatic rings. The van der Waals surface area contributed by atoms with Gasteiger partial charge in [0.2, 0.25) is 11.9 Å². The number of aromatic nitrogens is 2. The number of para-hydroxylation sites is 2. The first-order valence-corrected chi connectivity index (χ1v) is 13.4. The highest BCUT2D eigenvalue weighted by Gasteiger charge is 2.40. The van der Waals surface area contributed by atoms with Crippen molar-refractivity contribution < 1.29 is 28.1 Å². The molecule has 1 aromatic heterocycles. The molecule has 0 radical (unpaired) electrons. The van der Waals surface area contributed by atoms with Crippen molar-refractivity contribution in [3.05, 3.63) is 73.2 Å². The number of hydrogen-bond acceptors (Lipinski definition) is 9. The Bertz CT molecular complexity index is 1330. The van der Waals surface area contributed by atoms with Crippen molar-refractivity contribution >= 4 is 34.7 Å². The molecule has 0 bridgehead atoms. The monoisotopic (exact) mass is 565 g/mol. The Morgan fingerprint density at radius 3 is 2.46 bits per heavy atom. The van der Waals surface area contributed by atoms with Crippen LogP contribution in [0.3, 0.4) is 0 Å². The first kappa shape index (κ1) is 29.9. The molecule has 1 aliphatic heterocycles. The molecular weight excluding hydrogens is 529 g/mol. The van der Waals surface area contributed by atoms with E-state index in [1.54, 1.807) is 24.3 Å². The number of halogens is 1. The number of benzene rings is 2. The molecule has 0 aliphatic carbocycles. The highest BCUT2D eigenvalue weighted by Crippen LogP contribution is 2.32. The van der Waals surface area contributed by atoms with Gasteiger partial charge in [-0.05, 0) is 42.5 Å². The lowest BCUT2D eigenvalue weighted by Gasteiger charge is -2.42. The second-order valence-electron chi connectivity index (χ2n) is 10.2. The summed E-state index contributed by atoms with van der Waals surface area (Å²) in [6.45, 7) is 11.7. The van der Waals surface area contributed by atoms with Crippen molar-refractivity contribution in [3.63, 3.8) is 0 Å². The predicted molar refractivity (Wildman–Crippen MR) is 155 cm³/mol. The van der Waals surface area contributed by atoms with Crippen LogP contribution in [0.1, 0.15) is 33.6 Å². The smallest absolute Gasteiger partial charge is 0.282 e. The van der Waals surface area contributed by atoms with Gasteiger partial charge in [-0.15, -0.1) is 0 Å². The van der Waals surface area contributed by atoms with Crippen LogP contribution in [0.5, 0.6) is 5.75 Å². The first-order valence-electron chi connectivity index (χ1n) is 13.4. The standard InChI is InChI=1S/C30H36FN5O5/c1-5-26(37)34-24-10-7-8-11-25(24)35-27-23(31)18-32-28(36-27)33-21-12-14-22(15-13-21)38-16-9-17-39-30(6-2)40-19-29(3,4)20-41-30/h5,7-8,10-15,18H,1,6,9,16-17,19-20H2,2-4H3,(H,34,37)(H2,32,33,35,36). The van der Waals surface area contributed by atoms with Gasteiger partial charge in [-0.2, -0.15) is 4.98 Å². The minimum Gasteiger partial charge on any atom is -0.494 e. The lowest BCUT2D eigenvalue weighted by Crippen LogP contribution is -2.49. The quantitative estimate of drug-likeness (QED) is 0.166. The predicted octanol–water partition coefficient (Wildman–Crippen LogP) is 6.15. The summed E-state index contributed by atoms with van der Waals surface area (Å²) in [6.07, 6.45) is 3.49. The second kappa shape index (κ2) is 13.5. The van der Waals surface area contributed by atoms with Crippen LogP contribution >= 0.6 is 0 Å². The van der Waals surface area contributed by atoms with Gasteiger partial charge in [0, 0.05) is 23.9 Å². The van der Waals surface area contributed by atoms with E-state index in [4.69, 9.17) is 18.9 Å². The Morgan fingerprint density at radius 1 is 1.07 bits per heavy atom. The van der Waals surface area contributed by atoms with Gasteiger partial charge < -0.3 is 34.9 Å². The van der Waals surface area contributed by atoms with Crippen LogP contribution in [0.4, 0.5) is 33.2 Å². The normalized spacial score (nSPS) is 15.5. The molecule has 0 spiro atoms. The summed E-state index contributed by atoms with van der Waals surface area (Å²) in [5.41, 5.74) is 1.59. The molecule has 1 aliphatic rings. The van der Waals surface area contributed by atoms with Gasteiger partial charge in [-0.3, -0.25) is 4.79 Å². The van der Waals surface area contributed by atoms with Crippen LogP contribution < -0.4 is 20.7 Å². The summed E-state index contributed by atoms with van der Waals surface area (Å²) >= 11 is 0. The van der Waals surface area contributed by atoms with E-state index in [1.165, 1.54) is 0 Å². The summed E-state index contributed by atoms with van der Waals surface area (Å²) < 4.78 is 38.0. The van der Waals surface area contributed by atoms with Crippen LogP contribution in [-0.4, -0.2) is 48.3 Å². The molecule has 11 heteroatoms. The number of nitrogens with one attached hydrogen (secondary N) is 3. The molecule has 41 heavy (non-hydrogen) atoms. The molecule has 0 unspecified atom stereocenters. The van der Waals surface area contributed by atoms with E-state index < -0.39 is 11.8 Å². The number of carbonyl (C=O) groups is 1. The van der Waals surface area contributed by atoms with E-state index in [-0.39, 0.29) is 23.1 Å². The Hall–Kier alpha value is -4.06. The van der Waals surface area contributed by atoms with E-state index >= 15 is 0 Å². The minimum atomic E-state index is -0.981. The van der Waals surface area contributed by atoms with E-state index in [0.717, 1.165) is 12.3 Å². The van der Waals surface area contributed by atoms with Gasteiger partial charge in [-0.25, -0.2) is 9.37 Å². The number of rotatable bonds is 13. The van der Waals surface area contributed by atoms with Crippen molar-refractivity contribution in [2.45, 2.75) is 39.6 Å². The Labute approximate surface area is 239 Å². The Kier molecular flexibility index (Phi) is 9.87. The molecule has 2 heterocycles. The number of ether oxygens (including phenoxy) is 4. The van der Waals surface area contributed by atoms with E-state index in [1.807, 2.05) is 31.2 Å². The van der Waals surface area contributed by atoms with E-state index in [9.17, 15) is 9.18 Å².